The summed E-state index contributed by atoms with van der Waals surface area (Å²) in [6.45, 7) is -2.31. The van der Waals surface area contributed by atoms with Crippen molar-refractivity contribution in [3.8, 4) is 0 Å². The third kappa shape index (κ3) is 7.03. The Labute approximate surface area is 136 Å². The summed E-state index contributed by atoms with van der Waals surface area (Å²) in [5.74, 6) is 0. The van der Waals surface area contributed by atoms with E-state index in [1.807, 2.05) is 0 Å². The fourth-order valence-corrected chi connectivity index (χ4v) is 1.34. The van der Waals surface area contributed by atoms with Crippen molar-refractivity contribution in [1.29, 1.82) is 0 Å². The van der Waals surface area contributed by atoms with Gasteiger partial charge in [-0.25, -0.2) is 0 Å². The summed E-state index contributed by atoms with van der Waals surface area (Å²) in [5, 5.41) is 0. The van der Waals surface area contributed by atoms with Crippen molar-refractivity contribution in [2.24, 2.45) is 0 Å². The van der Waals surface area contributed by atoms with Gasteiger partial charge in [0.05, 0.1) is 0 Å². The molecule has 0 atom stereocenters. The number of nitrogens with zero attached hydrogens (tertiary/aromatic N) is 2. The second-order valence-electron chi connectivity index (χ2n) is 3.39. The SMILES string of the molecule is CCN(Cc1ccncc1)C[B-](F)(F)F.[K+]. The quantitative estimate of drug-likeness (QED) is 0.647. The van der Waals surface area contributed by atoms with Gasteiger partial charge in [0.1, 0.15) is 0 Å². The van der Waals surface area contributed by atoms with Crippen LogP contribution in [-0.2, 0) is 6.54 Å². The summed E-state index contributed by atoms with van der Waals surface area (Å²) >= 11 is 0. The molecule has 0 saturated heterocycles. The van der Waals surface area contributed by atoms with Crippen LogP contribution < -0.4 is 51.4 Å². The van der Waals surface area contributed by atoms with Gasteiger partial charge in [0.2, 0.25) is 0 Å². The van der Waals surface area contributed by atoms with Crippen molar-refractivity contribution in [2.75, 3.05) is 13.0 Å². The van der Waals surface area contributed by atoms with Gasteiger partial charge in [-0.1, -0.05) is 6.92 Å². The molecule has 0 radical (unpaired) electrons. The molecule has 0 N–H and O–H groups in total. The van der Waals surface area contributed by atoms with Gasteiger partial charge in [0.25, 0.3) is 0 Å². The summed E-state index contributed by atoms with van der Waals surface area (Å²) in [6, 6.07) is 3.46. The maximum atomic E-state index is 12.2. The first-order valence-corrected chi connectivity index (χ1v) is 4.83. The molecule has 7 heteroatoms. The molecule has 16 heavy (non-hydrogen) atoms. The Kier molecular flexibility index (Phi) is 8.13. The van der Waals surface area contributed by atoms with E-state index in [9.17, 15) is 12.9 Å². The number of pyridine rings is 1. The molecule has 0 saturated carbocycles. The molecule has 0 aliphatic heterocycles. The number of rotatable bonds is 5. The summed E-state index contributed by atoms with van der Waals surface area (Å²) < 4.78 is 36.6. The molecule has 0 aromatic carbocycles. The molecule has 0 spiro atoms. The molecule has 84 valence electrons. The molecule has 0 unspecified atom stereocenters. The van der Waals surface area contributed by atoms with Crippen LogP contribution in [0.25, 0.3) is 0 Å². The maximum Gasteiger partial charge on any atom is 1.00 e. The zero-order chi connectivity index (χ0) is 11.3. The normalized spacial score (nSPS) is 11.3. The molecular weight excluding hydrogens is 243 g/mol. The first-order chi connectivity index (χ1) is 7.01. The predicted molar refractivity (Wildman–Crippen MR) is 54.3 cm³/mol. The molecule has 0 aliphatic rings. The van der Waals surface area contributed by atoms with Crippen LogP contribution in [0.5, 0.6) is 0 Å². The average Bonchev–Trinajstić information content (AvgIpc) is 2.16. The van der Waals surface area contributed by atoms with Crippen LogP contribution in [0.4, 0.5) is 12.9 Å². The second-order valence-corrected chi connectivity index (χ2v) is 3.39. The minimum atomic E-state index is -4.74. The van der Waals surface area contributed by atoms with Crippen LogP contribution >= 0.6 is 0 Å². The number of hydrogen-bond donors (Lipinski definition) is 0. The molecule has 0 aliphatic carbocycles. The summed E-state index contributed by atoms with van der Waals surface area (Å²) in [6.07, 6.45) is 2.36. The fourth-order valence-electron chi connectivity index (χ4n) is 1.34. The number of halogens is 3. The molecule has 1 rings (SSSR count). The topological polar surface area (TPSA) is 16.1 Å². The van der Waals surface area contributed by atoms with Crippen molar-refractivity contribution in [3.05, 3.63) is 30.1 Å². The first kappa shape index (κ1) is 16.6. The van der Waals surface area contributed by atoms with Crippen molar-refractivity contribution in [2.45, 2.75) is 13.5 Å². The largest absolute Gasteiger partial charge is 1.00 e. The van der Waals surface area contributed by atoms with Crippen molar-refractivity contribution in [1.82, 2.24) is 9.88 Å². The van der Waals surface area contributed by atoms with Gasteiger partial charge in [-0.3, -0.25) is 4.98 Å². The van der Waals surface area contributed by atoms with E-state index < -0.39 is 13.4 Å². The third-order valence-electron chi connectivity index (χ3n) is 2.07. The second kappa shape index (κ2) is 7.84. The fraction of sp³-hybridized carbons (Fsp3) is 0.444. The van der Waals surface area contributed by atoms with Crippen molar-refractivity contribution >= 4 is 6.98 Å². The summed E-state index contributed by atoms with van der Waals surface area (Å²) in [5.41, 5.74) is 0.854. The Morgan fingerprint density at radius 1 is 1.25 bits per heavy atom. The maximum absolute atomic E-state index is 12.2. The van der Waals surface area contributed by atoms with Crippen LogP contribution in [0.2, 0.25) is 0 Å². The van der Waals surface area contributed by atoms with E-state index in [4.69, 9.17) is 0 Å². The Bertz CT molecular complexity index is 295. The molecule has 0 fully saturated rings. The first-order valence-electron chi connectivity index (χ1n) is 4.83. The smallest absolute Gasteiger partial charge is 0.448 e. The van der Waals surface area contributed by atoms with Gasteiger partial charge in [-0.05, 0) is 30.7 Å². The van der Waals surface area contributed by atoms with E-state index >= 15 is 0 Å². The van der Waals surface area contributed by atoms with E-state index in [-0.39, 0.29) is 51.4 Å². The van der Waals surface area contributed by atoms with E-state index in [0.717, 1.165) is 5.56 Å². The van der Waals surface area contributed by atoms with Crippen LogP contribution in [0.1, 0.15) is 12.5 Å². The van der Waals surface area contributed by atoms with Crippen LogP contribution in [-0.4, -0.2) is 29.9 Å². The van der Waals surface area contributed by atoms with Gasteiger partial charge < -0.3 is 17.8 Å². The molecule has 0 bridgehead atoms. The number of hydrogen-bond acceptors (Lipinski definition) is 2. The molecule has 0 amide bonds. The summed E-state index contributed by atoms with van der Waals surface area (Å²) in [4.78, 5) is 5.19. The van der Waals surface area contributed by atoms with E-state index in [0.29, 0.717) is 13.1 Å². The van der Waals surface area contributed by atoms with Gasteiger partial charge in [-0.2, -0.15) is 0 Å². The minimum absolute atomic E-state index is 0. The summed E-state index contributed by atoms with van der Waals surface area (Å²) in [7, 11) is 0. The predicted octanol–water partition coefficient (Wildman–Crippen LogP) is -0.706. The van der Waals surface area contributed by atoms with Gasteiger partial charge in [0, 0.05) is 18.9 Å². The van der Waals surface area contributed by atoms with Crippen LogP contribution in [0.15, 0.2) is 24.5 Å². The van der Waals surface area contributed by atoms with Gasteiger partial charge >= 0.3 is 58.4 Å². The van der Waals surface area contributed by atoms with Crippen molar-refractivity contribution < 1.29 is 64.3 Å². The zero-order valence-electron chi connectivity index (χ0n) is 9.54. The Morgan fingerprint density at radius 2 is 1.81 bits per heavy atom. The molecule has 1 aromatic rings. The van der Waals surface area contributed by atoms with E-state index in [1.165, 1.54) is 4.90 Å². The molecular formula is C9H13BF3KN2. The average molecular weight is 256 g/mol. The Balaban J connectivity index is 0.00000225. The molecule has 1 heterocycles. The standard InChI is InChI=1S/C9H13BF3N2.K/c1-2-15(8-10(11,12)13)7-9-3-5-14-6-4-9;/h3-6H,2,7-8H2,1H3;/q-1;+1. The van der Waals surface area contributed by atoms with Gasteiger partial charge in [0.15, 0.2) is 0 Å². The molecule has 2 nitrogen and oxygen atoms in total. The zero-order valence-corrected chi connectivity index (χ0v) is 12.7. The Hall–Kier alpha value is 0.601. The van der Waals surface area contributed by atoms with Crippen LogP contribution in [0.3, 0.4) is 0 Å². The van der Waals surface area contributed by atoms with E-state index in [1.54, 1.807) is 31.5 Å². The Morgan fingerprint density at radius 3 is 2.25 bits per heavy atom. The monoisotopic (exact) mass is 256 g/mol. The number of aromatic nitrogens is 1. The minimum Gasteiger partial charge on any atom is -0.448 e. The molecule has 1 aromatic heterocycles. The van der Waals surface area contributed by atoms with Crippen molar-refractivity contribution in [3.63, 3.8) is 0 Å². The van der Waals surface area contributed by atoms with E-state index in [2.05, 4.69) is 4.98 Å². The van der Waals surface area contributed by atoms with Crippen LogP contribution in [0, 0.1) is 0 Å². The third-order valence-corrected chi connectivity index (χ3v) is 2.07. The van der Waals surface area contributed by atoms with Gasteiger partial charge in [-0.15, -0.1) is 0 Å².